The van der Waals surface area contributed by atoms with Gasteiger partial charge in [-0.25, -0.2) is 0 Å². The summed E-state index contributed by atoms with van der Waals surface area (Å²) >= 11 is 5.96. The van der Waals surface area contributed by atoms with Crippen molar-refractivity contribution in [1.82, 2.24) is 14.4 Å². The van der Waals surface area contributed by atoms with Gasteiger partial charge in [0.15, 0.2) is 0 Å². The molecule has 0 saturated carbocycles. The molecule has 0 N–H and O–H groups in total. The van der Waals surface area contributed by atoms with Crippen LogP contribution in [0.15, 0.2) is 84.9 Å². The van der Waals surface area contributed by atoms with E-state index in [9.17, 15) is 9.59 Å². The molecule has 6 nitrogen and oxygen atoms in total. The molecule has 1 fully saturated rings. The topological polar surface area (TPSA) is 54.8 Å². The van der Waals surface area contributed by atoms with Crippen LogP contribution in [-0.4, -0.2) is 59.5 Å². The van der Waals surface area contributed by atoms with Crippen molar-refractivity contribution < 1.29 is 14.3 Å². The van der Waals surface area contributed by atoms with Crippen LogP contribution in [0.25, 0.3) is 16.9 Å². The highest BCUT2D eigenvalue weighted by Crippen LogP contribution is 2.31. The fourth-order valence-corrected chi connectivity index (χ4v) is 4.91. The zero-order valence-electron chi connectivity index (χ0n) is 20.9. The molecule has 7 heteroatoms. The summed E-state index contributed by atoms with van der Waals surface area (Å²) in [6, 6.07) is 26.7. The Balaban J connectivity index is 1.41. The second kappa shape index (κ2) is 10.5. The molecule has 1 aliphatic rings. The van der Waals surface area contributed by atoms with Gasteiger partial charge >= 0.3 is 0 Å². The largest absolute Gasteiger partial charge is 0.497 e. The molecular formula is C30H28ClN3O3. The minimum atomic E-state index is -0.0458. The minimum absolute atomic E-state index is 0.0325. The predicted octanol–water partition coefficient (Wildman–Crippen LogP) is 5.71. The normalized spacial score (nSPS) is 13.5. The summed E-state index contributed by atoms with van der Waals surface area (Å²) in [6.45, 7) is 3.88. The van der Waals surface area contributed by atoms with Gasteiger partial charge in [0.2, 0.25) is 0 Å². The highest BCUT2D eigenvalue weighted by atomic mass is 35.5. The van der Waals surface area contributed by atoms with E-state index >= 15 is 0 Å². The third kappa shape index (κ3) is 4.98. The maximum absolute atomic E-state index is 13.7. The van der Waals surface area contributed by atoms with Crippen LogP contribution in [0.5, 0.6) is 5.75 Å². The molecule has 188 valence electrons. The van der Waals surface area contributed by atoms with Crippen LogP contribution in [0.4, 0.5) is 0 Å². The third-order valence-electron chi connectivity index (χ3n) is 6.80. The summed E-state index contributed by atoms with van der Waals surface area (Å²) < 4.78 is 7.55. The molecule has 0 atom stereocenters. The number of hydrogen-bond acceptors (Lipinski definition) is 3. The van der Waals surface area contributed by atoms with Crippen molar-refractivity contribution in [2.45, 2.75) is 6.92 Å². The molecule has 0 unspecified atom stereocenters. The van der Waals surface area contributed by atoms with E-state index in [2.05, 4.69) is 4.57 Å². The first kappa shape index (κ1) is 24.7. The second-order valence-electron chi connectivity index (χ2n) is 9.02. The van der Waals surface area contributed by atoms with Gasteiger partial charge in [-0.1, -0.05) is 48.0 Å². The molecule has 1 aliphatic heterocycles. The monoisotopic (exact) mass is 513 g/mol. The van der Waals surface area contributed by atoms with Gasteiger partial charge in [-0.2, -0.15) is 0 Å². The zero-order chi connectivity index (χ0) is 25.9. The summed E-state index contributed by atoms with van der Waals surface area (Å²) in [5.41, 5.74) is 4.99. The molecule has 0 radical (unpaired) electrons. The molecule has 1 saturated heterocycles. The third-order valence-corrected chi connectivity index (χ3v) is 7.06. The van der Waals surface area contributed by atoms with Crippen LogP contribution < -0.4 is 4.74 Å². The van der Waals surface area contributed by atoms with Crippen molar-refractivity contribution >= 4 is 23.4 Å². The van der Waals surface area contributed by atoms with E-state index in [-0.39, 0.29) is 11.8 Å². The van der Waals surface area contributed by atoms with Gasteiger partial charge in [-0.05, 0) is 55.0 Å². The van der Waals surface area contributed by atoms with Crippen molar-refractivity contribution in [2.24, 2.45) is 0 Å². The van der Waals surface area contributed by atoms with Crippen molar-refractivity contribution in [3.63, 3.8) is 0 Å². The van der Waals surface area contributed by atoms with E-state index in [0.717, 1.165) is 28.4 Å². The van der Waals surface area contributed by atoms with Crippen molar-refractivity contribution in [1.29, 1.82) is 0 Å². The van der Waals surface area contributed by atoms with Crippen LogP contribution in [0.2, 0.25) is 5.02 Å². The maximum Gasteiger partial charge on any atom is 0.255 e. The molecule has 1 aromatic heterocycles. The highest BCUT2D eigenvalue weighted by Gasteiger charge is 2.28. The maximum atomic E-state index is 13.7. The SMILES string of the molecule is COc1cccc(-n2c(-c3ccccc3)cc(C(=O)N3CCN(C(=O)c4ccc(Cl)cc4)CC3)c2C)c1. The first-order chi connectivity index (χ1) is 18.0. The van der Waals surface area contributed by atoms with Crippen molar-refractivity contribution in [3.8, 4) is 22.7 Å². The lowest BCUT2D eigenvalue weighted by atomic mass is 10.1. The molecule has 4 aromatic rings. The van der Waals surface area contributed by atoms with Gasteiger partial charge in [-0.15, -0.1) is 0 Å². The number of rotatable bonds is 5. The highest BCUT2D eigenvalue weighted by molar-refractivity contribution is 6.30. The van der Waals surface area contributed by atoms with Gasteiger partial charge in [0.1, 0.15) is 5.75 Å². The number of halogens is 1. The standard InChI is InChI=1S/C30H28ClN3O3/c1-21-27(30(36)33-17-15-32(16-18-33)29(35)23-11-13-24(31)14-12-23)20-28(22-7-4-3-5-8-22)34(21)25-9-6-10-26(19-25)37-2/h3-14,19-20H,15-18H2,1-2H3. The molecule has 37 heavy (non-hydrogen) atoms. The summed E-state index contributed by atoms with van der Waals surface area (Å²) in [7, 11) is 1.64. The van der Waals surface area contributed by atoms with Crippen LogP contribution >= 0.6 is 11.6 Å². The van der Waals surface area contributed by atoms with Gasteiger partial charge in [0.25, 0.3) is 11.8 Å². The van der Waals surface area contributed by atoms with Gasteiger partial charge < -0.3 is 19.1 Å². The number of nitrogens with zero attached hydrogens (tertiary/aromatic N) is 3. The zero-order valence-corrected chi connectivity index (χ0v) is 21.6. The number of ether oxygens (including phenoxy) is 1. The number of carbonyl (C=O) groups is 2. The van der Waals surface area contributed by atoms with E-state index in [1.165, 1.54) is 0 Å². The summed E-state index contributed by atoms with van der Waals surface area (Å²) in [4.78, 5) is 30.2. The Morgan fingerprint density at radius 1 is 0.784 bits per heavy atom. The van der Waals surface area contributed by atoms with Gasteiger partial charge in [0, 0.05) is 54.2 Å². The molecule has 5 rings (SSSR count). The molecule has 3 aromatic carbocycles. The molecule has 0 spiro atoms. The number of methoxy groups -OCH3 is 1. The average molecular weight is 514 g/mol. The van der Waals surface area contributed by atoms with Gasteiger partial charge in [-0.3, -0.25) is 9.59 Å². The van der Waals surface area contributed by atoms with E-state index in [0.29, 0.717) is 42.3 Å². The quantitative estimate of drug-likeness (QED) is 0.343. The Bertz CT molecular complexity index is 1420. The summed E-state index contributed by atoms with van der Waals surface area (Å²) in [5.74, 6) is 0.671. The average Bonchev–Trinajstić information content (AvgIpc) is 3.30. The fourth-order valence-electron chi connectivity index (χ4n) is 4.78. The Labute approximate surface area is 221 Å². The molecule has 0 bridgehead atoms. The number of aromatic nitrogens is 1. The Kier molecular flexibility index (Phi) is 7.01. The second-order valence-corrected chi connectivity index (χ2v) is 9.46. The Morgan fingerprint density at radius 3 is 2.08 bits per heavy atom. The lowest BCUT2D eigenvalue weighted by Gasteiger charge is -2.35. The predicted molar refractivity (Wildman–Crippen MR) is 146 cm³/mol. The van der Waals surface area contributed by atoms with Crippen LogP contribution in [-0.2, 0) is 0 Å². The number of amides is 2. The number of hydrogen-bond donors (Lipinski definition) is 0. The van der Waals surface area contributed by atoms with Crippen LogP contribution in [0.3, 0.4) is 0 Å². The van der Waals surface area contributed by atoms with Crippen molar-refractivity contribution in [2.75, 3.05) is 33.3 Å². The lowest BCUT2D eigenvalue weighted by molar-refractivity contribution is 0.0535. The number of carbonyl (C=O) groups excluding carboxylic acids is 2. The molecule has 0 aliphatic carbocycles. The first-order valence-electron chi connectivity index (χ1n) is 12.2. The van der Waals surface area contributed by atoms with Crippen LogP contribution in [0.1, 0.15) is 26.4 Å². The smallest absolute Gasteiger partial charge is 0.255 e. The number of benzene rings is 3. The number of piperazine rings is 1. The Hall–Kier alpha value is -4.03. The molecule has 2 amide bonds. The van der Waals surface area contributed by atoms with Crippen LogP contribution in [0, 0.1) is 6.92 Å². The first-order valence-corrected chi connectivity index (χ1v) is 12.6. The summed E-state index contributed by atoms with van der Waals surface area (Å²) in [6.07, 6.45) is 0. The molecule has 2 heterocycles. The van der Waals surface area contributed by atoms with Crippen molar-refractivity contribution in [3.05, 3.63) is 107 Å². The summed E-state index contributed by atoms with van der Waals surface area (Å²) in [5, 5.41) is 0.595. The lowest BCUT2D eigenvalue weighted by Crippen LogP contribution is -2.50. The van der Waals surface area contributed by atoms with E-state index in [1.54, 1.807) is 36.3 Å². The van der Waals surface area contributed by atoms with E-state index < -0.39 is 0 Å². The molecular weight excluding hydrogens is 486 g/mol. The van der Waals surface area contributed by atoms with Gasteiger partial charge in [0.05, 0.1) is 18.4 Å². The minimum Gasteiger partial charge on any atom is -0.497 e. The Morgan fingerprint density at radius 2 is 1.43 bits per heavy atom. The van der Waals surface area contributed by atoms with E-state index in [4.69, 9.17) is 16.3 Å². The van der Waals surface area contributed by atoms with E-state index in [1.807, 2.05) is 72.5 Å². The fraction of sp³-hybridized carbons (Fsp3) is 0.200.